The topological polar surface area (TPSA) is 59.3 Å². The number of carbonyl (C=O) groups is 1. The second-order valence-electron chi connectivity index (χ2n) is 8.51. The summed E-state index contributed by atoms with van der Waals surface area (Å²) in [6.45, 7) is 11.8. The third-order valence-electron chi connectivity index (χ3n) is 6.28. The summed E-state index contributed by atoms with van der Waals surface area (Å²) in [7, 11) is 3.20. The number of carbonyl (C=O) groups excluding carboxylic acids is 1. The lowest BCUT2D eigenvalue weighted by molar-refractivity contribution is 0.0626. The third-order valence-corrected chi connectivity index (χ3v) is 6.28. The van der Waals surface area contributed by atoms with Crippen LogP contribution in [0.25, 0.3) is 5.65 Å². The van der Waals surface area contributed by atoms with Crippen molar-refractivity contribution in [3.05, 3.63) is 71.2 Å². The minimum atomic E-state index is 0.0161. The lowest BCUT2D eigenvalue weighted by atomic mass is 10.0. The standard InChI is InChI=1S/C26H32N4O3/c1-6-7-20-15-21(16-23(32-4)25(20)33-5)26(31)29-12-10-28(11-13-29)17-22-19(3)27-24-14-18(2)8-9-30(22)24/h6,8-9,14-16H,1,7,10-13,17H2,2-5H3. The van der Waals surface area contributed by atoms with Gasteiger partial charge in [0.15, 0.2) is 11.5 Å². The number of imidazole rings is 1. The van der Waals surface area contributed by atoms with Gasteiger partial charge in [-0.05, 0) is 50.1 Å². The van der Waals surface area contributed by atoms with E-state index in [9.17, 15) is 4.79 Å². The second kappa shape index (κ2) is 9.67. The smallest absolute Gasteiger partial charge is 0.254 e. The number of ether oxygens (including phenoxy) is 2. The van der Waals surface area contributed by atoms with Crippen LogP contribution < -0.4 is 9.47 Å². The lowest BCUT2D eigenvalue weighted by Gasteiger charge is -2.35. The number of aromatic nitrogens is 2. The van der Waals surface area contributed by atoms with Crippen molar-refractivity contribution in [2.45, 2.75) is 26.8 Å². The monoisotopic (exact) mass is 448 g/mol. The largest absolute Gasteiger partial charge is 0.493 e. The first-order valence-corrected chi connectivity index (χ1v) is 11.3. The van der Waals surface area contributed by atoms with Crippen molar-refractivity contribution in [3.63, 3.8) is 0 Å². The van der Waals surface area contributed by atoms with Gasteiger partial charge in [-0.1, -0.05) is 6.08 Å². The van der Waals surface area contributed by atoms with Crippen LogP contribution in [0.5, 0.6) is 11.5 Å². The van der Waals surface area contributed by atoms with Gasteiger partial charge < -0.3 is 18.8 Å². The molecule has 3 heterocycles. The number of methoxy groups -OCH3 is 2. The van der Waals surface area contributed by atoms with Gasteiger partial charge in [0, 0.05) is 50.0 Å². The van der Waals surface area contributed by atoms with E-state index >= 15 is 0 Å². The van der Waals surface area contributed by atoms with Gasteiger partial charge in [0.1, 0.15) is 5.65 Å². The number of fused-ring (bicyclic) bond motifs is 1. The predicted molar refractivity (Wildman–Crippen MR) is 129 cm³/mol. The van der Waals surface area contributed by atoms with Crippen molar-refractivity contribution < 1.29 is 14.3 Å². The first-order valence-electron chi connectivity index (χ1n) is 11.3. The number of hydrogen-bond acceptors (Lipinski definition) is 5. The molecule has 0 bridgehead atoms. The van der Waals surface area contributed by atoms with E-state index in [2.05, 4.69) is 48.1 Å². The van der Waals surface area contributed by atoms with Crippen LogP contribution in [0, 0.1) is 13.8 Å². The fraction of sp³-hybridized carbons (Fsp3) is 0.385. The number of rotatable bonds is 7. The molecule has 1 aromatic carbocycles. The second-order valence-corrected chi connectivity index (χ2v) is 8.51. The van der Waals surface area contributed by atoms with E-state index in [4.69, 9.17) is 14.5 Å². The number of benzene rings is 1. The minimum Gasteiger partial charge on any atom is -0.493 e. The van der Waals surface area contributed by atoms with Crippen LogP contribution in [0.2, 0.25) is 0 Å². The summed E-state index contributed by atoms with van der Waals surface area (Å²) in [6.07, 6.45) is 4.50. The highest BCUT2D eigenvalue weighted by molar-refractivity contribution is 5.95. The first-order chi connectivity index (χ1) is 15.9. The molecule has 1 aliphatic rings. The Kier molecular flexibility index (Phi) is 6.70. The molecule has 33 heavy (non-hydrogen) atoms. The molecular formula is C26H32N4O3. The average Bonchev–Trinajstić information content (AvgIpc) is 3.12. The summed E-state index contributed by atoms with van der Waals surface area (Å²) in [5.74, 6) is 1.23. The number of pyridine rings is 1. The van der Waals surface area contributed by atoms with E-state index in [-0.39, 0.29) is 5.91 Å². The van der Waals surface area contributed by atoms with Crippen LogP contribution >= 0.6 is 0 Å². The molecule has 0 unspecified atom stereocenters. The molecule has 1 aliphatic heterocycles. The molecule has 0 atom stereocenters. The van der Waals surface area contributed by atoms with E-state index in [1.54, 1.807) is 26.4 Å². The summed E-state index contributed by atoms with van der Waals surface area (Å²) in [5, 5.41) is 0. The quantitative estimate of drug-likeness (QED) is 0.517. The van der Waals surface area contributed by atoms with E-state index in [1.807, 2.05) is 11.0 Å². The number of aryl methyl sites for hydroxylation is 2. The Morgan fingerprint density at radius 2 is 1.88 bits per heavy atom. The van der Waals surface area contributed by atoms with Gasteiger partial charge in [-0.15, -0.1) is 6.58 Å². The Morgan fingerprint density at radius 1 is 1.12 bits per heavy atom. The van der Waals surface area contributed by atoms with E-state index in [0.29, 0.717) is 36.6 Å². The molecule has 0 N–H and O–H groups in total. The maximum Gasteiger partial charge on any atom is 0.254 e. The molecular weight excluding hydrogens is 416 g/mol. The molecule has 1 saturated heterocycles. The molecule has 4 rings (SSSR count). The Bertz CT molecular complexity index is 1180. The highest BCUT2D eigenvalue weighted by Crippen LogP contribution is 2.33. The van der Waals surface area contributed by atoms with Gasteiger partial charge in [-0.25, -0.2) is 4.98 Å². The van der Waals surface area contributed by atoms with Gasteiger partial charge in [0.05, 0.1) is 25.6 Å². The molecule has 1 fully saturated rings. The molecule has 0 spiro atoms. The summed E-state index contributed by atoms with van der Waals surface area (Å²) < 4.78 is 13.2. The summed E-state index contributed by atoms with van der Waals surface area (Å²) in [6, 6.07) is 7.88. The molecule has 0 saturated carbocycles. The van der Waals surface area contributed by atoms with E-state index < -0.39 is 0 Å². The van der Waals surface area contributed by atoms with Crippen LogP contribution in [-0.4, -0.2) is 65.5 Å². The Morgan fingerprint density at radius 3 is 2.55 bits per heavy atom. The molecule has 174 valence electrons. The van der Waals surface area contributed by atoms with E-state index in [1.165, 1.54) is 11.3 Å². The van der Waals surface area contributed by atoms with Crippen molar-refractivity contribution >= 4 is 11.6 Å². The van der Waals surface area contributed by atoms with Gasteiger partial charge in [0.25, 0.3) is 5.91 Å². The van der Waals surface area contributed by atoms with Gasteiger partial charge in [-0.2, -0.15) is 0 Å². The number of hydrogen-bond donors (Lipinski definition) is 0. The van der Waals surface area contributed by atoms with Crippen LogP contribution in [-0.2, 0) is 13.0 Å². The SMILES string of the molecule is C=CCc1cc(C(=O)N2CCN(Cc3c(C)nc4cc(C)ccn34)CC2)cc(OC)c1OC. The molecule has 3 aromatic rings. The van der Waals surface area contributed by atoms with Crippen LogP contribution in [0.4, 0.5) is 0 Å². The van der Waals surface area contributed by atoms with Crippen molar-refractivity contribution in [2.24, 2.45) is 0 Å². The lowest BCUT2D eigenvalue weighted by Crippen LogP contribution is -2.48. The number of allylic oxidation sites excluding steroid dienone is 1. The molecule has 7 nitrogen and oxygen atoms in total. The molecule has 0 aliphatic carbocycles. The maximum atomic E-state index is 13.3. The summed E-state index contributed by atoms with van der Waals surface area (Å²) in [5.41, 5.74) is 5.97. The van der Waals surface area contributed by atoms with Crippen molar-refractivity contribution in [1.29, 1.82) is 0 Å². The Hall–Kier alpha value is -3.32. The number of nitrogens with zero attached hydrogens (tertiary/aromatic N) is 4. The highest BCUT2D eigenvalue weighted by Gasteiger charge is 2.25. The first kappa shape index (κ1) is 22.9. The average molecular weight is 449 g/mol. The molecule has 0 radical (unpaired) electrons. The van der Waals surface area contributed by atoms with Crippen molar-refractivity contribution in [2.75, 3.05) is 40.4 Å². The van der Waals surface area contributed by atoms with Crippen molar-refractivity contribution in [1.82, 2.24) is 19.2 Å². The van der Waals surface area contributed by atoms with Gasteiger partial charge in [0.2, 0.25) is 0 Å². The number of amides is 1. The summed E-state index contributed by atoms with van der Waals surface area (Å²) in [4.78, 5) is 22.3. The highest BCUT2D eigenvalue weighted by atomic mass is 16.5. The summed E-state index contributed by atoms with van der Waals surface area (Å²) >= 11 is 0. The van der Waals surface area contributed by atoms with Gasteiger partial charge in [-0.3, -0.25) is 9.69 Å². The normalized spacial score (nSPS) is 14.5. The zero-order chi connectivity index (χ0) is 23.5. The van der Waals surface area contributed by atoms with Crippen LogP contribution in [0.3, 0.4) is 0 Å². The molecule has 7 heteroatoms. The minimum absolute atomic E-state index is 0.0161. The molecule has 1 amide bonds. The zero-order valence-corrected chi connectivity index (χ0v) is 19.9. The Labute approximate surface area is 195 Å². The van der Waals surface area contributed by atoms with Crippen LogP contribution in [0.15, 0.2) is 43.1 Å². The third kappa shape index (κ3) is 4.59. The van der Waals surface area contributed by atoms with Crippen LogP contribution in [0.1, 0.15) is 32.9 Å². The molecule has 2 aromatic heterocycles. The predicted octanol–water partition coefficient (Wildman–Crippen LogP) is 3.65. The number of piperazine rings is 1. The fourth-order valence-corrected chi connectivity index (χ4v) is 4.48. The van der Waals surface area contributed by atoms with Gasteiger partial charge >= 0.3 is 0 Å². The maximum absolute atomic E-state index is 13.3. The Balaban J connectivity index is 1.46. The van der Waals surface area contributed by atoms with E-state index in [0.717, 1.165) is 36.5 Å². The van der Waals surface area contributed by atoms with Crippen molar-refractivity contribution in [3.8, 4) is 11.5 Å². The fourth-order valence-electron chi connectivity index (χ4n) is 4.48. The zero-order valence-electron chi connectivity index (χ0n) is 19.9.